The van der Waals surface area contributed by atoms with Gasteiger partial charge in [-0.05, 0) is 11.5 Å². The van der Waals surface area contributed by atoms with Crippen LogP contribution < -0.4 is 5.32 Å². The summed E-state index contributed by atoms with van der Waals surface area (Å²) in [6, 6.07) is 1.61. The molecule has 0 saturated carbocycles. The van der Waals surface area contributed by atoms with Crippen LogP contribution >= 0.6 is 11.6 Å². The first-order valence-electron chi connectivity index (χ1n) is 7.17. The Morgan fingerprint density at radius 2 is 2.04 bits per heavy atom. The molecular weight excluding hydrogens is 338 g/mol. The predicted molar refractivity (Wildman–Crippen MR) is 90.4 cm³/mol. The van der Waals surface area contributed by atoms with Gasteiger partial charge in [-0.15, -0.1) is 0 Å². The minimum absolute atomic E-state index is 0.0178. The normalized spacial score (nSPS) is 12.6. The molecule has 0 spiro atoms. The molecular formula is C14H21ClN5O2S. The van der Waals surface area contributed by atoms with Crippen LogP contribution in [0.5, 0.6) is 0 Å². The van der Waals surface area contributed by atoms with Gasteiger partial charge in [0.1, 0.15) is 0 Å². The summed E-state index contributed by atoms with van der Waals surface area (Å²) in [6.45, 7) is 9.43. The average molecular weight is 359 g/mol. The van der Waals surface area contributed by atoms with Crippen LogP contribution in [0.15, 0.2) is 17.3 Å². The van der Waals surface area contributed by atoms with Gasteiger partial charge in [0, 0.05) is 13.2 Å². The van der Waals surface area contributed by atoms with E-state index in [1.165, 1.54) is 9.25 Å². The lowest BCUT2D eigenvalue weighted by Gasteiger charge is -2.18. The molecule has 9 heteroatoms. The lowest BCUT2D eigenvalue weighted by Crippen LogP contribution is -2.16. The molecule has 0 unspecified atom stereocenters. The van der Waals surface area contributed by atoms with Gasteiger partial charge in [-0.3, -0.25) is 0 Å². The first kappa shape index (κ1) is 17.8. The molecule has 127 valence electrons. The van der Waals surface area contributed by atoms with E-state index in [2.05, 4.69) is 15.4 Å². The largest absolute Gasteiger partial charge is 0.362 e. The molecule has 0 fully saturated rings. The quantitative estimate of drug-likeness (QED) is 0.888. The number of nitrogens with zero attached hydrogens (tertiary/aromatic N) is 4. The minimum Gasteiger partial charge on any atom is -0.362 e. The highest BCUT2D eigenvalue weighted by atomic mass is 35.5. The number of aromatic nitrogens is 4. The van der Waals surface area contributed by atoms with Crippen molar-refractivity contribution >= 4 is 27.3 Å². The van der Waals surface area contributed by atoms with Crippen LogP contribution in [-0.4, -0.2) is 33.5 Å². The fourth-order valence-corrected chi connectivity index (χ4v) is 3.27. The Labute approximate surface area is 141 Å². The Morgan fingerprint density at radius 1 is 1.39 bits per heavy atom. The lowest BCUT2D eigenvalue weighted by molar-refractivity contribution is 0.499. The molecule has 0 aliphatic heterocycles. The number of halogens is 1. The maximum absolute atomic E-state index is 12.4. The van der Waals surface area contributed by atoms with Gasteiger partial charge in [0.05, 0.1) is 12.3 Å². The maximum atomic E-state index is 12.4. The molecule has 2 rings (SSSR count). The number of rotatable bonds is 5. The Hall–Kier alpha value is -1.54. The minimum atomic E-state index is -3.46. The Morgan fingerprint density at radius 3 is 2.52 bits per heavy atom. The highest BCUT2D eigenvalue weighted by Gasteiger charge is 2.27. The van der Waals surface area contributed by atoms with Gasteiger partial charge in [0.25, 0.3) is 0 Å². The van der Waals surface area contributed by atoms with Crippen molar-refractivity contribution in [2.45, 2.75) is 32.7 Å². The molecule has 7 nitrogen and oxygen atoms in total. The van der Waals surface area contributed by atoms with Crippen molar-refractivity contribution in [3.05, 3.63) is 24.0 Å². The van der Waals surface area contributed by atoms with Crippen molar-refractivity contribution in [1.29, 1.82) is 0 Å². The fraction of sp³-hybridized carbons (Fsp3) is 0.500. The zero-order valence-electron chi connectivity index (χ0n) is 13.8. The highest BCUT2D eigenvalue weighted by molar-refractivity contribution is 7.91. The number of hydrogen-bond donors (Lipinski definition) is 1. The average Bonchev–Trinajstić information content (AvgIpc) is 2.99. The van der Waals surface area contributed by atoms with Crippen LogP contribution in [0.4, 0.5) is 5.82 Å². The molecule has 0 aliphatic carbocycles. The second-order valence-corrected chi connectivity index (χ2v) is 8.85. The molecule has 0 aliphatic rings. The van der Waals surface area contributed by atoms with E-state index >= 15 is 0 Å². The van der Waals surface area contributed by atoms with Crippen molar-refractivity contribution < 1.29 is 8.42 Å². The third kappa shape index (κ3) is 3.87. The van der Waals surface area contributed by atoms with Crippen LogP contribution in [0, 0.1) is 12.0 Å². The second kappa shape index (κ2) is 6.16. The van der Waals surface area contributed by atoms with Crippen molar-refractivity contribution in [1.82, 2.24) is 19.3 Å². The molecule has 1 N–H and O–H groups in total. The van der Waals surface area contributed by atoms with Crippen LogP contribution in [0.25, 0.3) is 5.95 Å². The molecule has 0 atom stereocenters. The predicted octanol–water partition coefficient (Wildman–Crippen LogP) is 2.67. The van der Waals surface area contributed by atoms with E-state index in [0.717, 1.165) is 0 Å². The third-order valence-electron chi connectivity index (χ3n) is 3.10. The van der Waals surface area contributed by atoms with Crippen molar-refractivity contribution in [3.8, 4) is 5.95 Å². The smallest absolute Gasteiger partial charge is 0.233 e. The van der Waals surface area contributed by atoms with Gasteiger partial charge in [-0.25, -0.2) is 13.1 Å². The Kier molecular flexibility index (Phi) is 4.77. The molecule has 2 aromatic rings. The van der Waals surface area contributed by atoms with E-state index in [9.17, 15) is 8.42 Å². The molecule has 0 bridgehead atoms. The zero-order chi connectivity index (χ0) is 17.4. The first-order valence-corrected chi connectivity index (χ1v) is 9.20. The topological polar surface area (TPSA) is 81.8 Å². The monoisotopic (exact) mass is 358 g/mol. The lowest BCUT2D eigenvalue weighted by atomic mass is 9.97. The van der Waals surface area contributed by atoms with Crippen LogP contribution in [0.1, 0.15) is 27.7 Å². The van der Waals surface area contributed by atoms with Crippen LogP contribution in [0.3, 0.4) is 0 Å². The second-order valence-electron chi connectivity index (χ2n) is 6.27. The van der Waals surface area contributed by atoms with E-state index in [0.29, 0.717) is 11.1 Å². The SMILES string of the molecule is CCS(=O)(=O)c1c(N[CH]C(C)(C)C)nc(-n2ccc(Cl)n2)n1C. The van der Waals surface area contributed by atoms with Gasteiger partial charge in [0.15, 0.2) is 25.8 Å². The molecule has 0 amide bonds. The number of hydrogen-bond acceptors (Lipinski definition) is 5. The summed E-state index contributed by atoms with van der Waals surface area (Å²) in [5.74, 6) is 0.635. The Balaban J connectivity index is 2.56. The molecule has 0 saturated heterocycles. The maximum Gasteiger partial charge on any atom is 0.233 e. The van der Waals surface area contributed by atoms with Gasteiger partial charge in [-0.1, -0.05) is 39.3 Å². The van der Waals surface area contributed by atoms with E-state index in [4.69, 9.17) is 11.6 Å². The van der Waals surface area contributed by atoms with Crippen molar-refractivity contribution in [2.24, 2.45) is 12.5 Å². The van der Waals surface area contributed by atoms with Gasteiger partial charge < -0.3 is 9.88 Å². The number of anilines is 1. The molecule has 1 radical (unpaired) electrons. The van der Waals surface area contributed by atoms with Gasteiger partial charge in [0.2, 0.25) is 5.95 Å². The summed E-state index contributed by atoms with van der Waals surface area (Å²) < 4.78 is 27.8. The van der Waals surface area contributed by atoms with Crippen molar-refractivity contribution in [2.75, 3.05) is 11.1 Å². The first-order chi connectivity index (χ1) is 10.5. The van der Waals surface area contributed by atoms with E-state index < -0.39 is 9.84 Å². The standard InChI is InChI=1S/C14H21ClN5O2S/c1-6-23(21,22)12-11(16-9-14(2,3)4)17-13(19(12)5)20-8-7-10(15)18-20/h7-9,16H,6H2,1-5H3. The highest BCUT2D eigenvalue weighted by Crippen LogP contribution is 2.27. The summed E-state index contributed by atoms with van der Waals surface area (Å²) in [5, 5.41) is 7.54. The fourth-order valence-electron chi connectivity index (χ4n) is 1.96. The number of sulfone groups is 1. The summed E-state index contributed by atoms with van der Waals surface area (Å²) in [6.07, 6.45) is 1.63. The Bertz CT molecular complexity index is 802. The third-order valence-corrected chi connectivity index (χ3v) is 5.12. The summed E-state index contributed by atoms with van der Waals surface area (Å²) in [5.41, 5.74) is -0.139. The molecule has 0 aromatic carbocycles. The molecule has 2 aromatic heterocycles. The number of imidazole rings is 1. The molecule has 2 heterocycles. The van der Waals surface area contributed by atoms with E-state index in [1.54, 1.807) is 26.2 Å². The van der Waals surface area contributed by atoms with Crippen LogP contribution in [-0.2, 0) is 16.9 Å². The van der Waals surface area contributed by atoms with Crippen LogP contribution in [0.2, 0.25) is 5.15 Å². The summed E-state index contributed by atoms with van der Waals surface area (Å²) in [7, 11) is -1.82. The van der Waals surface area contributed by atoms with E-state index in [-0.39, 0.29) is 22.0 Å². The summed E-state index contributed by atoms with van der Waals surface area (Å²) >= 11 is 5.84. The van der Waals surface area contributed by atoms with Gasteiger partial charge >= 0.3 is 0 Å². The van der Waals surface area contributed by atoms with Crippen molar-refractivity contribution in [3.63, 3.8) is 0 Å². The van der Waals surface area contributed by atoms with Gasteiger partial charge in [-0.2, -0.15) is 10.1 Å². The number of nitrogens with one attached hydrogen (secondary N) is 1. The van der Waals surface area contributed by atoms with E-state index in [1.807, 2.05) is 27.3 Å². The molecule has 23 heavy (non-hydrogen) atoms. The zero-order valence-corrected chi connectivity index (χ0v) is 15.4. The summed E-state index contributed by atoms with van der Waals surface area (Å²) in [4.78, 5) is 4.39.